The van der Waals surface area contributed by atoms with E-state index in [9.17, 15) is 9.59 Å². The molecular weight excluding hydrogens is 352 g/mol. The minimum absolute atomic E-state index is 0.0154. The van der Waals surface area contributed by atoms with E-state index in [0.29, 0.717) is 13.1 Å². The van der Waals surface area contributed by atoms with Crippen molar-refractivity contribution in [1.29, 1.82) is 0 Å². The fourth-order valence-corrected chi connectivity index (χ4v) is 3.68. The first-order valence-electron chi connectivity index (χ1n) is 7.94. The zero-order valence-corrected chi connectivity index (χ0v) is 15.9. The summed E-state index contributed by atoms with van der Waals surface area (Å²) in [7, 11) is 0. The highest BCUT2D eigenvalue weighted by atomic mass is 32.2. The maximum absolute atomic E-state index is 12.4. The fraction of sp³-hybridized carbons (Fsp3) is 0.263. The summed E-state index contributed by atoms with van der Waals surface area (Å²) >= 11 is 2.95. The molecule has 0 bridgehead atoms. The SMILES string of the molecule is C=CCN(Cc1cccs1)C(=O)CSCC(=O)Nc1cccc(C)c1. The predicted octanol–water partition coefficient (Wildman–Crippen LogP) is 3.94. The number of rotatable bonds is 9. The number of aryl methyl sites for hydroxylation is 1. The molecule has 2 rings (SSSR count). The van der Waals surface area contributed by atoms with Gasteiger partial charge in [0.05, 0.1) is 18.1 Å². The van der Waals surface area contributed by atoms with E-state index in [1.54, 1.807) is 22.3 Å². The first kappa shape index (κ1) is 19.3. The molecule has 1 aromatic carbocycles. The van der Waals surface area contributed by atoms with E-state index >= 15 is 0 Å². The molecule has 0 spiro atoms. The molecule has 0 aliphatic heterocycles. The molecular formula is C19H22N2O2S2. The number of thioether (sulfide) groups is 1. The van der Waals surface area contributed by atoms with Crippen molar-refractivity contribution in [3.05, 3.63) is 64.9 Å². The third-order valence-electron chi connectivity index (χ3n) is 3.39. The van der Waals surface area contributed by atoms with Crippen LogP contribution in [0.5, 0.6) is 0 Å². The zero-order chi connectivity index (χ0) is 18.1. The van der Waals surface area contributed by atoms with Crippen molar-refractivity contribution in [3.8, 4) is 0 Å². The summed E-state index contributed by atoms with van der Waals surface area (Å²) in [4.78, 5) is 27.3. The lowest BCUT2D eigenvalue weighted by Crippen LogP contribution is -2.32. The van der Waals surface area contributed by atoms with Crippen LogP contribution in [0.1, 0.15) is 10.4 Å². The van der Waals surface area contributed by atoms with Crippen LogP contribution in [0.2, 0.25) is 0 Å². The number of anilines is 1. The molecule has 1 aromatic heterocycles. The summed E-state index contributed by atoms with van der Waals surface area (Å²) in [5, 5.41) is 4.84. The van der Waals surface area contributed by atoms with Gasteiger partial charge in [0, 0.05) is 17.1 Å². The third kappa shape index (κ3) is 6.76. The summed E-state index contributed by atoms with van der Waals surface area (Å²) in [6, 6.07) is 11.6. The maximum atomic E-state index is 12.4. The second-order valence-electron chi connectivity index (χ2n) is 5.55. The molecule has 0 aliphatic rings. The number of carbonyl (C=O) groups is 2. The quantitative estimate of drug-likeness (QED) is 0.676. The van der Waals surface area contributed by atoms with Crippen LogP contribution in [0.15, 0.2) is 54.4 Å². The summed E-state index contributed by atoms with van der Waals surface area (Å²) in [6.45, 7) is 6.78. The molecule has 0 fully saturated rings. The van der Waals surface area contributed by atoms with Gasteiger partial charge in [-0.05, 0) is 36.1 Å². The van der Waals surface area contributed by atoms with Gasteiger partial charge in [0.1, 0.15) is 0 Å². The van der Waals surface area contributed by atoms with Crippen LogP contribution in [0.4, 0.5) is 5.69 Å². The molecule has 25 heavy (non-hydrogen) atoms. The number of carbonyl (C=O) groups excluding carboxylic acids is 2. The molecule has 6 heteroatoms. The Morgan fingerprint density at radius 1 is 1.28 bits per heavy atom. The Morgan fingerprint density at radius 3 is 2.80 bits per heavy atom. The lowest BCUT2D eigenvalue weighted by molar-refractivity contribution is -0.128. The summed E-state index contributed by atoms with van der Waals surface area (Å²) in [5.41, 5.74) is 1.87. The average Bonchev–Trinajstić information content (AvgIpc) is 3.07. The Hall–Kier alpha value is -2.05. The van der Waals surface area contributed by atoms with Gasteiger partial charge in [0.2, 0.25) is 11.8 Å². The van der Waals surface area contributed by atoms with Gasteiger partial charge >= 0.3 is 0 Å². The maximum Gasteiger partial charge on any atom is 0.234 e. The molecule has 132 valence electrons. The Morgan fingerprint density at radius 2 is 2.12 bits per heavy atom. The van der Waals surface area contributed by atoms with Gasteiger partial charge in [-0.25, -0.2) is 0 Å². The Bertz CT molecular complexity index is 714. The zero-order valence-electron chi connectivity index (χ0n) is 14.2. The highest BCUT2D eigenvalue weighted by molar-refractivity contribution is 8.00. The molecule has 0 aliphatic carbocycles. The Labute approximate surface area is 156 Å². The summed E-state index contributed by atoms with van der Waals surface area (Å²) in [6.07, 6.45) is 1.72. The smallest absolute Gasteiger partial charge is 0.234 e. The molecule has 4 nitrogen and oxygen atoms in total. The second kappa shape index (κ2) is 10.1. The van der Waals surface area contributed by atoms with E-state index < -0.39 is 0 Å². The first-order valence-corrected chi connectivity index (χ1v) is 9.97. The second-order valence-corrected chi connectivity index (χ2v) is 7.57. The van der Waals surface area contributed by atoms with Crippen LogP contribution in [-0.2, 0) is 16.1 Å². The van der Waals surface area contributed by atoms with E-state index in [0.717, 1.165) is 16.1 Å². The van der Waals surface area contributed by atoms with Crippen molar-refractivity contribution >= 4 is 40.6 Å². The molecule has 0 radical (unpaired) electrons. The number of thiophene rings is 1. The van der Waals surface area contributed by atoms with E-state index in [1.807, 2.05) is 48.7 Å². The van der Waals surface area contributed by atoms with Crippen LogP contribution in [-0.4, -0.2) is 34.8 Å². The van der Waals surface area contributed by atoms with Gasteiger partial charge in [-0.3, -0.25) is 9.59 Å². The fourth-order valence-electron chi connectivity index (χ4n) is 2.24. The molecule has 0 saturated heterocycles. The van der Waals surface area contributed by atoms with Crippen LogP contribution in [0, 0.1) is 6.92 Å². The third-order valence-corrected chi connectivity index (χ3v) is 5.17. The normalized spacial score (nSPS) is 10.3. The monoisotopic (exact) mass is 374 g/mol. The van der Waals surface area contributed by atoms with Crippen molar-refractivity contribution in [2.75, 3.05) is 23.4 Å². The van der Waals surface area contributed by atoms with Crippen molar-refractivity contribution < 1.29 is 9.59 Å². The molecule has 1 heterocycles. The van der Waals surface area contributed by atoms with E-state index in [1.165, 1.54) is 11.8 Å². The number of hydrogen-bond donors (Lipinski definition) is 1. The van der Waals surface area contributed by atoms with Gasteiger partial charge in [0.15, 0.2) is 0 Å². The van der Waals surface area contributed by atoms with Crippen molar-refractivity contribution in [1.82, 2.24) is 4.90 Å². The first-order chi connectivity index (χ1) is 12.1. The van der Waals surface area contributed by atoms with Gasteiger partial charge < -0.3 is 10.2 Å². The minimum atomic E-state index is -0.100. The number of hydrogen-bond acceptors (Lipinski definition) is 4. The van der Waals surface area contributed by atoms with E-state index in [2.05, 4.69) is 11.9 Å². The molecule has 0 saturated carbocycles. The number of amides is 2. The van der Waals surface area contributed by atoms with E-state index in [-0.39, 0.29) is 23.3 Å². The van der Waals surface area contributed by atoms with Crippen LogP contribution < -0.4 is 5.32 Å². The van der Waals surface area contributed by atoms with Gasteiger partial charge in [-0.2, -0.15) is 0 Å². The van der Waals surface area contributed by atoms with Crippen LogP contribution in [0.3, 0.4) is 0 Å². The van der Waals surface area contributed by atoms with Gasteiger partial charge in [-0.15, -0.1) is 29.7 Å². The van der Waals surface area contributed by atoms with Crippen LogP contribution >= 0.6 is 23.1 Å². The Balaban J connectivity index is 1.77. The lowest BCUT2D eigenvalue weighted by atomic mass is 10.2. The summed E-state index contributed by atoms with van der Waals surface area (Å²) < 4.78 is 0. The standard InChI is InChI=1S/C19H22N2O2S2/c1-3-9-21(12-17-8-5-10-25-17)19(23)14-24-13-18(22)20-16-7-4-6-15(2)11-16/h3-8,10-11H,1,9,12-14H2,2H3,(H,20,22). The molecule has 1 N–H and O–H groups in total. The van der Waals surface area contributed by atoms with E-state index in [4.69, 9.17) is 0 Å². The number of nitrogens with zero attached hydrogens (tertiary/aromatic N) is 1. The highest BCUT2D eigenvalue weighted by Crippen LogP contribution is 2.14. The number of nitrogens with one attached hydrogen (secondary N) is 1. The minimum Gasteiger partial charge on any atom is -0.333 e. The Kier molecular flexibility index (Phi) is 7.76. The lowest BCUT2D eigenvalue weighted by Gasteiger charge is -2.20. The molecule has 2 aromatic rings. The molecule has 2 amide bonds. The summed E-state index contributed by atoms with van der Waals surface area (Å²) in [5.74, 6) is 0.444. The highest BCUT2D eigenvalue weighted by Gasteiger charge is 2.14. The topological polar surface area (TPSA) is 49.4 Å². The van der Waals surface area contributed by atoms with Crippen LogP contribution in [0.25, 0.3) is 0 Å². The van der Waals surface area contributed by atoms with Crippen molar-refractivity contribution in [3.63, 3.8) is 0 Å². The predicted molar refractivity (Wildman–Crippen MR) is 107 cm³/mol. The average molecular weight is 375 g/mol. The van der Waals surface area contributed by atoms with Crippen molar-refractivity contribution in [2.24, 2.45) is 0 Å². The molecule has 0 atom stereocenters. The van der Waals surface area contributed by atoms with Gasteiger partial charge in [0.25, 0.3) is 0 Å². The number of benzene rings is 1. The largest absolute Gasteiger partial charge is 0.333 e. The van der Waals surface area contributed by atoms with Gasteiger partial charge in [-0.1, -0.05) is 24.3 Å². The van der Waals surface area contributed by atoms with Crippen molar-refractivity contribution in [2.45, 2.75) is 13.5 Å². The molecule has 0 unspecified atom stereocenters.